The van der Waals surface area contributed by atoms with Gasteiger partial charge in [-0.25, -0.2) is 4.39 Å². The van der Waals surface area contributed by atoms with Crippen LogP contribution in [0.4, 0.5) is 23.2 Å². The lowest BCUT2D eigenvalue weighted by molar-refractivity contribution is -0.137. The summed E-state index contributed by atoms with van der Waals surface area (Å²) < 4.78 is 54.1. The van der Waals surface area contributed by atoms with Crippen molar-refractivity contribution in [3.05, 3.63) is 65.0 Å². The van der Waals surface area contributed by atoms with Gasteiger partial charge in [0.05, 0.1) is 5.56 Å². The molecule has 3 aliphatic rings. The highest BCUT2D eigenvalue weighted by atomic mass is 19.4. The number of alkyl halides is 3. The highest BCUT2D eigenvalue weighted by Gasteiger charge is 2.54. The maximum absolute atomic E-state index is 14.3. The molecular formula is C24H24F4N2O. The predicted molar refractivity (Wildman–Crippen MR) is 110 cm³/mol. The molecule has 2 aliphatic heterocycles. The molecule has 5 rings (SSSR count). The minimum atomic E-state index is -4.52. The second kappa shape index (κ2) is 7.33. The molecule has 1 atom stereocenters. The Morgan fingerprint density at radius 2 is 1.84 bits per heavy atom. The summed E-state index contributed by atoms with van der Waals surface area (Å²) in [7, 11) is 0. The highest BCUT2D eigenvalue weighted by molar-refractivity contribution is 6.08. The Morgan fingerprint density at radius 1 is 1.10 bits per heavy atom. The van der Waals surface area contributed by atoms with E-state index in [0.29, 0.717) is 11.6 Å². The summed E-state index contributed by atoms with van der Waals surface area (Å²) in [5.74, 6) is -0.289. The maximum atomic E-state index is 14.3. The molecule has 2 aromatic carbocycles. The minimum absolute atomic E-state index is 0.0110. The lowest BCUT2D eigenvalue weighted by atomic mass is 9.68. The van der Waals surface area contributed by atoms with Crippen molar-refractivity contribution in [3.8, 4) is 0 Å². The van der Waals surface area contributed by atoms with Gasteiger partial charge in [0, 0.05) is 22.7 Å². The smallest absolute Gasteiger partial charge is 0.317 e. The summed E-state index contributed by atoms with van der Waals surface area (Å²) in [6, 6.07) is 8.90. The normalized spacial score (nSPS) is 22.6. The molecule has 1 N–H and O–H groups in total. The Kier molecular flexibility index (Phi) is 4.84. The number of halogens is 4. The van der Waals surface area contributed by atoms with E-state index in [2.05, 4.69) is 5.32 Å². The van der Waals surface area contributed by atoms with Crippen molar-refractivity contribution < 1.29 is 22.4 Å². The molecule has 0 bridgehead atoms. The maximum Gasteiger partial charge on any atom is 0.416 e. The average molecular weight is 432 g/mol. The number of carbonyl (C=O) groups excluding carboxylic acids is 1. The fraction of sp³-hybridized carbons (Fsp3) is 0.458. The van der Waals surface area contributed by atoms with Crippen molar-refractivity contribution in [1.29, 1.82) is 0 Å². The van der Waals surface area contributed by atoms with E-state index in [-0.39, 0.29) is 22.8 Å². The van der Waals surface area contributed by atoms with E-state index in [4.69, 9.17) is 0 Å². The topological polar surface area (TPSA) is 32.3 Å². The number of rotatable bonds is 3. The summed E-state index contributed by atoms with van der Waals surface area (Å²) in [4.78, 5) is 15.3. The summed E-state index contributed by atoms with van der Waals surface area (Å²) in [6.45, 7) is 1.53. The van der Waals surface area contributed by atoms with E-state index in [1.54, 1.807) is 11.0 Å². The lowest BCUT2D eigenvalue weighted by Gasteiger charge is -2.42. The molecule has 1 amide bonds. The second-order valence-electron chi connectivity index (χ2n) is 9.02. The average Bonchev–Trinajstić information content (AvgIpc) is 3.54. The Balaban J connectivity index is 1.62. The van der Waals surface area contributed by atoms with Crippen molar-refractivity contribution in [3.63, 3.8) is 0 Å². The zero-order chi connectivity index (χ0) is 21.8. The van der Waals surface area contributed by atoms with Crippen LogP contribution in [0.5, 0.6) is 0 Å². The number of nitrogens with one attached hydrogen (secondary N) is 1. The van der Waals surface area contributed by atoms with E-state index in [1.807, 2.05) is 0 Å². The Morgan fingerprint density at radius 3 is 2.52 bits per heavy atom. The van der Waals surface area contributed by atoms with Gasteiger partial charge < -0.3 is 10.2 Å². The first-order valence-electron chi connectivity index (χ1n) is 10.8. The van der Waals surface area contributed by atoms with Gasteiger partial charge in [0.2, 0.25) is 0 Å². The van der Waals surface area contributed by atoms with Crippen LogP contribution >= 0.6 is 0 Å². The molecule has 2 heterocycles. The van der Waals surface area contributed by atoms with Crippen LogP contribution in [-0.2, 0) is 11.6 Å². The monoisotopic (exact) mass is 432 g/mol. The Labute approximate surface area is 178 Å². The largest absolute Gasteiger partial charge is 0.416 e. The summed E-state index contributed by atoms with van der Waals surface area (Å²) in [6.07, 6.45) is 0.00961. The first-order chi connectivity index (χ1) is 14.8. The van der Waals surface area contributed by atoms with Gasteiger partial charge in [-0.3, -0.25) is 4.79 Å². The Bertz CT molecular complexity index is 1010. The first-order valence-corrected chi connectivity index (χ1v) is 10.8. The van der Waals surface area contributed by atoms with E-state index in [9.17, 15) is 22.4 Å². The predicted octanol–water partition coefficient (Wildman–Crippen LogP) is 5.29. The van der Waals surface area contributed by atoms with Gasteiger partial charge in [-0.15, -0.1) is 0 Å². The van der Waals surface area contributed by atoms with Gasteiger partial charge in [-0.2, -0.15) is 13.2 Å². The van der Waals surface area contributed by atoms with Gasteiger partial charge >= 0.3 is 6.18 Å². The van der Waals surface area contributed by atoms with Crippen LogP contribution in [0, 0.1) is 11.7 Å². The number of fused-ring (bicyclic) bond motifs is 2. The molecule has 2 aromatic rings. The van der Waals surface area contributed by atoms with Gasteiger partial charge in [-0.05, 0) is 80.2 Å². The molecule has 7 heteroatoms. The molecule has 1 saturated heterocycles. The molecule has 0 aromatic heterocycles. The van der Waals surface area contributed by atoms with Crippen LogP contribution in [0.1, 0.15) is 53.6 Å². The molecule has 1 aliphatic carbocycles. The molecule has 0 radical (unpaired) electrons. The quantitative estimate of drug-likeness (QED) is 0.668. The van der Waals surface area contributed by atoms with Crippen molar-refractivity contribution in [2.75, 3.05) is 18.0 Å². The third kappa shape index (κ3) is 3.53. The van der Waals surface area contributed by atoms with E-state index < -0.39 is 17.6 Å². The number of anilines is 1. The molecule has 1 saturated carbocycles. The van der Waals surface area contributed by atoms with Gasteiger partial charge in [-0.1, -0.05) is 18.9 Å². The number of hydrogen-bond donors (Lipinski definition) is 1. The van der Waals surface area contributed by atoms with Crippen LogP contribution in [0.15, 0.2) is 42.5 Å². The zero-order valence-electron chi connectivity index (χ0n) is 17.0. The third-order valence-corrected chi connectivity index (χ3v) is 7.11. The zero-order valence-corrected chi connectivity index (χ0v) is 17.0. The molecule has 1 spiro atoms. The fourth-order valence-electron chi connectivity index (χ4n) is 5.41. The van der Waals surface area contributed by atoms with Gasteiger partial charge in [0.15, 0.2) is 0 Å². The number of amides is 1. The van der Waals surface area contributed by atoms with Crippen LogP contribution in [0.3, 0.4) is 0 Å². The number of piperidine rings is 1. The summed E-state index contributed by atoms with van der Waals surface area (Å²) >= 11 is 0. The Hall–Kier alpha value is -2.41. The molecule has 0 unspecified atom stereocenters. The van der Waals surface area contributed by atoms with Crippen molar-refractivity contribution in [1.82, 2.24) is 5.32 Å². The van der Waals surface area contributed by atoms with Crippen LogP contribution in [0.2, 0.25) is 0 Å². The van der Waals surface area contributed by atoms with Crippen LogP contribution in [-0.4, -0.2) is 25.0 Å². The van der Waals surface area contributed by atoms with E-state index in [0.717, 1.165) is 62.9 Å². The van der Waals surface area contributed by atoms with Gasteiger partial charge in [0.25, 0.3) is 5.91 Å². The third-order valence-electron chi connectivity index (χ3n) is 7.11. The SMILES string of the molecule is O=C(c1cccc(C(F)(F)F)c1)N1c2ccc(F)cc2C2(CCNCC2)[C@H]1CC1CC1. The summed E-state index contributed by atoms with van der Waals surface area (Å²) in [5, 5.41) is 3.35. The van der Waals surface area contributed by atoms with E-state index in [1.165, 1.54) is 24.3 Å². The molecular weight excluding hydrogens is 408 g/mol. The number of benzene rings is 2. The first kappa shape index (κ1) is 20.5. The van der Waals surface area contributed by atoms with Crippen molar-refractivity contribution >= 4 is 11.6 Å². The van der Waals surface area contributed by atoms with E-state index >= 15 is 0 Å². The molecule has 164 valence electrons. The van der Waals surface area contributed by atoms with Crippen molar-refractivity contribution in [2.45, 2.75) is 49.7 Å². The minimum Gasteiger partial charge on any atom is -0.317 e. The number of carbonyl (C=O) groups is 1. The standard InChI is InChI=1S/C24H24F4N2O/c25-18-6-7-20-19(14-18)23(8-10-29-11-9-23)21(12-15-4-5-15)30(20)22(31)16-2-1-3-17(13-16)24(26,27)28/h1-3,6-7,13-15,21,29H,4-5,8-12H2/t21-/m1/s1. The molecule has 31 heavy (non-hydrogen) atoms. The number of nitrogens with zero attached hydrogens (tertiary/aromatic N) is 1. The van der Waals surface area contributed by atoms with Crippen LogP contribution in [0.25, 0.3) is 0 Å². The molecule has 2 fully saturated rings. The summed E-state index contributed by atoms with van der Waals surface area (Å²) in [5.41, 5.74) is 0.253. The molecule has 3 nitrogen and oxygen atoms in total. The van der Waals surface area contributed by atoms with Gasteiger partial charge in [0.1, 0.15) is 5.82 Å². The fourth-order valence-corrected chi connectivity index (χ4v) is 5.41. The van der Waals surface area contributed by atoms with Crippen molar-refractivity contribution in [2.24, 2.45) is 5.92 Å². The van der Waals surface area contributed by atoms with Crippen LogP contribution < -0.4 is 10.2 Å². The highest BCUT2D eigenvalue weighted by Crippen LogP contribution is 2.54. The lowest BCUT2D eigenvalue weighted by Crippen LogP contribution is -2.52. The number of hydrogen-bond acceptors (Lipinski definition) is 2. The second-order valence-corrected chi connectivity index (χ2v) is 9.02.